The van der Waals surface area contributed by atoms with Crippen molar-refractivity contribution in [1.29, 1.82) is 5.41 Å². The Labute approximate surface area is 196 Å². The van der Waals surface area contributed by atoms with Gasteiger partial charge in [-0.2, -0.15) is 4.99 Å². The molecule has 1 amide bonds. The minimum Gasteiger partial charge on any atom is -0.493 e. The molecule has 3 aromatic rings. The summed E-state index contributed by atoms with van der Waals surface area (Å²) in [5.41, 5.74) is 4.62. The number of aliphatic imine (C=N–C) groups is 1. The first-order valence-electron chi connectivity index (χ1n) is 10.9. The Balaban J connectivity index is 1.37. The van der Waals surface area contributed by atoms with E-state index in [1.54, 1.807) is 17.2 Å². The predicted octanol–water partition coefficient (Wildman–Crippen LogP) is 5.50. The highest BCUT2D eigenvalue weighted by Crippen LogP contribution is 2.29. The molecule has 0 spiro atoms. The molecule has 0 atom stereocenters. The summed E-state index contributed by atoms with van der Waals surface area (Å²) in [6.45, 7) is 5.53. The van der Waals surface area contributed by atoms with Crippen molar-refractivity contribution < 1.29 is 9.53 Å². The number of nitrogens with zero attached hydrogens (tertiary/aromatic N) is 3. The van der Waals surface area contributed by atoms with Crippen LogP contribution in [0.4, 0.5) is 0 Å². The molecule has 1 aromatic heterocycles. The van der Waals surface area contributed by atoms with E-state index < -0.39 is 0 Å². The number of fused-ring (bicyclic) bond motifs is 2. The van der Waals surface area contributed by atoms with Crippen LogP contribution in [0.1, 0.15) is 23.1 Å². The molecule has 2 aliphatic rings. The van der Waals surface area contributed by atoms with Gasteiger partial charge in [0.2, 0.25) is 0 Å². The van der Waals surface area contributed by atoms with E-state index in [0.717, 1.165) is 40.7 Å². The van der Waals surface area contributed by atoms with Crippen molar-refractivity contribution in [3.63, 3.8) is 0 Å². The van der Waals surface area contributed by atoms with Crippen LogP contribution in [0.3, 0.4) is 0 Å². The second kappa shape index (κ2) is 8.75. The topological polar surface area (TPSA) is 70.7 Å². The van der Waals surface area contributed by atoms with Crippen molar-refractivity contribution in [2.45, 2.75) is 26.8 Å². The number of carbonyl (C=O) groups excluding carboxylic acids is 1. The molecule has 5 rings (SSSR count). The minimum atomic E-state index is -0.374. The SMILES string of the molecule is Cc1ccc(C)c(OCCCn2cc(C=C3C(=N)N4C=CSC4=NC3=O)c3ccccc32)c1. The molecule has 0 saturated heterocycles. The molecule has 0 bridgehead atoms. The summed E-state index contributed by atoms with van der Waals surface area (Å²) in [7, 11) is 0. The number of aromatic nitrogens is 1. The third-order valence-electron chi connectivity index (χ3n) is 5.78. The van der Waals surface area contributed by atoms with Crippen LogP contribution < -0.4 is 4.74 Å². The first-order valence-corrected chi connectivity index (χ1v) is 11.7. The van der Waals surface area contributed by atoms with Gasteiger partial charge in [-0.15, -0.1) is 0 Å². The second-order valence-electron chi connectivity index (χ2n) is 8.15. The number of para-hydroxylation sites is 1. The van der Waals surface area contributed by atoms with Gasteiger partial charge < -0.3 is 9.30 Å². The van der Waals surface area contributed by atoms with Gasteiger partial charge in [-0.3, -0.25) is 15.1 Å². The molecule has 33 heavy (non-hydrogen) atoms. The molecule has 0 saturated carbocycles. The van der Waals surface area contributed by atoms with Crippen LogP contribution in [0, 0.1) is 19.3 Å². The van der Waals surface area contributed by atoms with Crippen molar-refractivity contribution >= 4 is 45.7 Å². The minimum absolute atomic E-state index is 0.157. The molecule has 3 heterocycles. The molecule has 2 aliphatic heterocycles. The van der Waals surface area contributed by atoms with Gasteiger partial charge in [-0.1, -0.05) is 42.1 Å². The lowest BCUT2D eigenvalue weighted by Crippen LogP contribution is -2.35. The monoisotopic (exact) mass is 456 g/mol. The van der Waals surface area contributed by atoms with E-state index in [0.29, 0.717) is 17.3 Å². The van der Waals surface area contributed by atoms with Gasteiger partial charge in [0.15, 0.2) is 5.17 Å². The third-order valence-corrected chi connectivity index (χ3v) is 6.53. The maximum absolute atomic E-state index is 12.6. The predicted molar refractivity (Wildman–Crippen MR) is 135 cm³/mol. The summed E-state index contributed by atoms with van der Waals surface area (Å²) >= 11 is 1.35. The molecule has 0 unspecified atom stereocenters. The van der Waals surface area contributed by atoms with E-state index in [4.69, 9.17) is 10.1 Å². The number of ether oxygens (including phenoxy) is 1. The van der Waals surface area contributed by atoms with E-state index in [1.165, 1.54) is 17.3 Å². The maximum atomic E-state index is 12.6. The van der Waals surface area contributed by atoms with E-state index in [-0.39, 0.29) is 11.7 Å². The molecule has 6 nitrogen and oxygen atoms in total. The van der Waals surface area contributed by atoms with Crippen molar-refractivity contribution in [2.75, 3.05) is 6.61 Å². The number of nitrogens with one attached hydrogen (secondary N) is 1. The van der Waals surface area contributed by atoms with Crippen LogP contribution >= 0.6 is 11.8 Å². The van der Waals surface area contributed by atoms with Gasteiger partial charge in [0.05, 0.1) is 12.2 Å². The van der Waals surface area contributed by atoms with E-state index in [9.17, 15) is 4.79 Å². The average Bonchev–Trinajstić information content (AvgIpc) is 3.41. The third kappa shape index (κ3) is 4.12. The molecular formula is C26H24N4O2S. The Morgan fingerprint density at radius 1 is 1.18 bits per heavy atom. The van der Waals surface area contributed by atoms with Crippen LogP contribution in [0.25, 0.3) is 17.0 Å². The number of rotatable bonds is 6. The molecule has 0 fully saturated rings. The number of amides is 1. The fourth-order valence-electron chi connectivity index (χ4n) is 4.04. The van der Waals surface area contributed by atoms with Crippen LogP contribution in [-0.2, 0) is 11.3 Å². The molecule has 0 radical (unpaired) electrons. The summed E-state index contributed by atoms with van der Waals surface area (Å²) in [6, 6.07) is 14.4. The zero-order valence-corrected chi connectivity index (χ0v) is 19.4. The highest BCUT2D eigenvalue weighted by molar-refractivity contribution is 8.16. The summed E-state index contributed by atoms with van der Waals surface area (Å²) in [6.07, 6.45) is 6.45. The van der Waals surface area contributed by atoms with Gasteiger partial charge in [-0.05, 0) is 55.0 Å². The summed E-state index contributed by atoms with van der Waals surface area (Å²) in [5.74, 6) is 0.715. The number of aryl methyl sites for hydroxylation is 3. The van der Waals surface area contributed by atoms with Crippen LogP contribution in [0.15, 0.2) is 70.8 Å². The van der Waals surface area contributed by atoms with Gasteiger partial charge in [-0.25, -0.2) is 0 Å². The van der Waals surface area contributed by atoms with E-state index >= 15 is 0 Å². The standard InChI is InChI=1S/C26H24N4O2S/c1-17-8-9-18(2)23(14-17)32-12-5-10-29-16-19(20-6-3-4-7-22(20)29)15-21-24(27)30-11-13-33-26(30)28-25(21)31/h3-4,6-9,11,13-16,27H,5,10,12H2,1-2H3. The lowest BCUT2D eigenvalue weighted by Gasteiger charge is -2.22. The van der Waals surface area contributed by atoms with Gasteiger partial charge in [0, 0.05) is 35.4 Å². The number of hydrogen-bond donors (Lipinski definition) is 1. The molecule has 0 aliphatic carbocycles. The van der Waals surface area contributed by atoms with Crippen molar-refractivity contribution in [3.8, 4) is 5.75 Å². The molecule has 1 N–H and O–H groups in total. The number of hydrogen-bond acceptors (Lipinski definition) is 4. The smallest absolute Gasteiger partial charge is 0.283 e. The number of carbonyl (C=O) groups is 1. The fraction of sp³-hybridized carbons (Fsp3) is 0.192. The van der Waals surface area contributed by atoms with Crippen molar-refractivity contribution in [1.82, 2.24) is 9.47 Å². The summed E-state index contributed by atoms with van der Waals surface area (Å²) in [5, 5.41) is 11.9. The quantitative estimate of drug-likeness (QED) is 0.393. The van der Waals surface area contributed by atoms with Crippen LogP contribution in [0.5, 0.6) is 5.75 Å². The first kappa shape index (κ1) is 21.3. The van der Waals surface area contributed by atoms with Gasteiger partial charge in [0.25, 0.3) is 5.91 Å². The van der Waals surface area contributed by atoms with Gasteiger partial charge >= 0.3 is 0 Å². The normalized spacial score (nSPS) is 16.6. The fourth-order valence-corrected chi connectivity index (χ4v) is 4.75. The molecule has 2 aromatic carbocycles. The number of amidine groups is 2. The first-order chi connectivity index (χ1) is 16.0. The van der Waals surface area contributed by atoms with Gasteiger partial charge in [0.1, 0.15) is 11.6 Å². The molecular weight excluding hydrogens is 432 g/mol. The van der Waals surface area contributed by atoms with E-state index in [2.05, 4.69) is 47.7 Å². The molecule has 166 valence electrons. The van der Waals surface area contributed by atoms with Crippen LogP contribution in [0.2, 0.25) is 0 Å². The zero-order valence-electron chi connectivity index (χ0n) is 18.5. The highest BCUT2D eigenvalue weighted by atomic mass is 32.2. The lowest BCUT2D eigenvalue weighted by molar-refractivity contribution is -0.114. The van der Waals surface area contributed by atoms with Crippen molar-refractivity contribution in [3.05, 3.63) is 82.5 Å². The largest absolute Gasteiger partial charge is 0.493 e. The Morgan fingerprint density at radius 3 is 2.91 bits per heavy atom. The second-order valence-corrected chi connectivity index (χ2v) is 9.02. The summed E-state index contributed by atoms with van der Waals surface area (Å²) in [4.78, 5) is 18.4. The highest BCUT2D eigenvalue weighted by Gasteiger charge is 2.31. The average molecular weight is 457 g/mol. The van der Waals surface area contributed by atoms with Crippen molar-refractivity contribution in [2.24, 2.45) is 4.99 Å². The Bertz CT molecular complexity index is 1370. The van der Waals surface area contributed by atoms with E-state index in [1.807, 2.05) is 29.8 Å². The zero-order chi connectivity index (χ0) is 22.9. The summed E-state index contributed by atoms with van der Waals surface area (Å²) < 4.78 is 8.21. The number of thioether (sulfide) groups is 1. The Morgan fingerprint density at radius 2 is 2.03 bits per heavy atom. The Kier molecular flexibility index (Phi) is 5.64. The lowest BCUT2D eigenvalue weighted by atomic mass is 10.1. The Hall–Kier alpha value is -3.58. The maximum Gasteiger partial charge on any atom is 0.283 e. The number of benzene rings is 2. The van der Waals surface area contributed by atoms with Crippen LogP contribution in [-0.4, -0.2) is 33.0 Å². The molecule has 7 heteroatoms.